The van der Waals surface area contributed by atoms with Crippen molar-refractivity contribution in [2.45, 2.75) is 45.2 Å². The highest BCUT2D eigenvalue weighted by molar-refractivity contribution is 7.99. The molecule has 0 bridgehead atoms. The first-order valence-electron chi connectivity index (χ1n) is 9.86. The lowest BCUT2D eigenvalue weighted by molar-refractivity contribution is -0.132. The Balaban J connectivity index is 1.53. The molecule has 1 aliphatic carbocycles. The van der Waals surface area contributed by atoms with Crippen molar-refractivity contribution in [3.63, 3.8) is 0 Å². The second-order valence-corrected chi connectivity index (χ2v) is 10.7. The van der Waals surface area contributed by atoms with Crippen molar-refractivity contribution < 1.29 is 9.53 Å². The van der Waals surface area contributed by atoms with E-state index in [1.54, 1.807) is 11.3 Å². The van der Waals surface area contributed by atoms with Crippen molar-refractivity contribution in [1.29, 1.82) is 0 Å². The van der Waals surface area contributed by atoms with Crippen molar-refractivity contribution in [2.75, 3.05) is 32.1 Å². The first-order chi connectivity index (χ1) is 13.3. The molecule has 1 fully saturated rings. The fourth-order valence-electron chi connectivity index (χ4n) is 4.01. The van der Waals surface area contributed by atoms with E-state index < -0.39 is 0 Å². The summed E-state index contributed by atoms with van der Waals surface area (Å²) in [5.41, 5.74) is 1.39. The zero-order chi connectivity index (χ0) is 19.9. The molecule has 4 rings (SSSR count). The summed E-state index contributed by atoms with van der Waals surface area (Å²) < 4.78 is 5.29. The van der Waals surface area contributed by atoms with E-state index in [9.17, 15) is 9.59 Å². The molecule has 1 amide bonds. The van der Waals surface area contributed by atoms with Crippen LogP contribution in [0.1, 0.15) is 37.6 Å². The van der Waals surface area contributed by atoms with Gasteiger partial charge in [0.15, 0.2) is 5.16 Å². The largest absolute Gasteiger partial charge is 0.378 e. The molecule has 6 nitrogen and oxygen atoms in total. The molecule has 0 saturated carbocycles. The summed E-state index contributed by atoms with van der Waals surface area (Å²) >= 11 is 2.96. The highest BCUT2D eigenvalue weighted by atomic mass is 32.2. The van der Waals surface area contributed by atoms with Gasteiger partial charge in [0.2, 0.25) is 5.91 Å². The Morgan fingerprint density at radius 1 is 1.36 bits per heavy atom. The van der Waals surface area contributed by atoms with E-state index in [1.807, 2.05) is 4.90 Å². The normalized spacial score (nSPS) is 20.4. The maximum atomic E-state index is 12.7. The maximum Gasteiger partial charge on any atom is 0.260 e. The quantitative estimate of drug-likeness (QED) is 0.609. The molecule has 1 aliphatic heterocycles. The average molecular weight is 422 g/mol. The van der Waals surface area contributed by atoms with Crippen molar-refractivity contribution in [1.82, 2.24) is 14.9 Å². The lowest BCUT2D eigenvalue weighted by atomic mass is 9.72. The van der Waals surface area contributed by atoms with Crippen LogP contribution in [-0.2, 0) is 22.4 Å². The minimum absolute atomic E-state index is 0.0644. The minimum Gasteiger partial charge on any atom is -0.378 e. The number of thioether (sulfide) groups is 1. The molecule has 0 spiro atoms. The number of nitrogens with zero attached hydrogens (tertiary/aromatic N) is 2. The number of aromatic nitrogens is 2. The number of amides is 1. The highest BCUT2D eigenvalue weighted by Crippen LogP contribution is 2.42. The summed E-state index contributed by atoms with van der Waals surface area (Å²) in [5.74, 6) is 0.979. The van der Waals surface area contributed by atoms with Gasteiger partial charge in [0, 0.05) is 18.0 Å². The van der Waals surface area contributed by atoms with Crippen LogP contribution < -0.4 is 5.56 Å². The van der Waals surface area contributed by atoms with Crippen LogP contribution in [0.5, 0.6) is 0 Å². The van der Waals surface area contributed by atoms with Crippen LogP contribution >= 0.6 is 23.1 Å². The highest BCUT2D eigenvalue weighted by Gasteiger charge is 2.31. The van der Waals surface area contributed by atoms with Crippen LogP contribution in [0.25, 0.3) is 10.2 Å². The molecule has 2 aliphatic rings. The van der Waals surface area contributed by atoms with Crippen molar-refractivity contribution >= 4 is 39.2 Å². The predicted octanol–water partition coefficient (Wildman–Crippen LogP) is 3.09. The van der Waals surface area contributed by atoms with Gasteiger partial charge in [-0.1, -0.05) is 32.5 Å². The topological polar surface area (TPSA) is 75.3 Å². The third-order valence-corrected chi connectivity index (χ3v) is 7.82. The number of ether oxygens (including phenoxy) is 1. The van der Waals surface area contributed by atoms with Gasteiger partial charge in [-0.2, -0.15) is 0 Å². The molecule has 152 valence electrons. The van der Waals surface area contributed by atoms with E-state index >= 15 is 0 Å². The van der Waals surface area contributed by atoms with Gasteiger partial charge in [-0.3, -0.25) is 9.59 Å². The molecule has 0 unspecified atom stereocenters. The molecule has 0 radical (unpaired) electrons. The van der Waals surface area contributed by atoms with Crippen LogP contribution in [0.15, 0.2) is 9.95 Å². The van der Waals surface area contributed by atoms with Gasteiger partial charge < -0.3 is 14.6 Å². The summed E-state index contributed by atoms with van der Waals surface area (Å²) in [6, 6.07) is 0. The number of nitrogens with one attached hydrogen (secondary N) is 1. The standard InChI is InChI=1S/C20H27N3O3S2/c1-20(2,3)12-4-5-13-14(10-12)28-18-16(13)17(25)21-19(22-18)27-11-15(24)23-6-8-26-9-7-23/h12H,4-11H2,1-3H3,(H,21,22,25)/t12-/m0/s1. The molecule has 28 heavy (non-hydrogen) atoms. The Bertz CT molecular complexity index is 939. The van der Waals surface area contributed by atoms with Gasteiger partial charge >= 0.3 is 0 Å². The summed E-state index contributed by atoms with van der Waals surface area (Å²) in [5, 5.41) is 1.29. The van der Waals surface area contributed by atoms with Gasteiger partial charge in [-0.05, 0) is 36.2 Å². The number of aryl methyl sites for hydroxylation is 1. The van der Waals surface area contributed by atoms with E-state index in [0.29, 0.717) is 37.4 Å². The molecule has 3 heterocycles. The van der Waals surface area contributed by atoms with Crippen molar-refractivity contribution in [3.8, 4) is 0 Å². The molecular weight excluding hydrogens is 394 g/mol. The van der Waals surface area contributed by atoms with Crippen molar-refractivity contribution in [3.05, 3.63) is 20.8 Å². The minimum atomic E-state index is -0.0713. The van der Waals surface area contributed by atoms with Crippen LogP contribution in [0.2, 0.25) is 0 Å². The number of hydrogen-bond acceptors (Lipinski definition) is 6. The van der Waals surface area contributed by atoms with E-state index in [1.165, 1.54) is 22.2 Å². The lowest BCUT2D eigenvalue weighted by Gasteiger charge is -2.33. The van der Waals surface area contributed by atoms with Crippen LogP contribution in [0, 0.1) is 11.3 Å². The van der Waals surface area contributed by atoms with Gasteiger partial charge in [0.25, 0.3) is 5.56 Å². The summed E-state index contributed by atoms with van der Waals surface area (Å²) in [6.07, 6.45) is 3.09. The van der Waals surface area contributed by atoms with E-state index in [2.05, 4.69) is 30.7 Å². The molecular formula is C20H27N3O3S2. The van der Waals surface area contributed by atoms with E-state index in [0.717, 1.165) is 29.5 Å². The first-order valence-corrected chi connectivity index (χ1v) is 11.7. The number of carbonyl (C=O) groups is 1. The zero-order valence-corrected chi connectivity index (χ0v) is 18.3. The molecule has 2 aromatic heterocycles. The number of carbonyl (C=O) groups excluding carboxylic acids is 1. The number of aromatic amines is 1. The number of hydrogen-bond donors (Lipinski definition) is 1. The first kappa shape index (κ1) is 19.9. The Hall–Kier alpha value is -1.38. The fourth-order valence-corrected chi connectivity index (χ4v) is 6.13. The molecule has 0 aromatic carbocycles. The average Bonchev–Trinajstić information content (AvgIpc) is 3.04. The third-order valence-electron chi connectivity index (χ3n) is 5.82. The second kappa shape index (κ2) is 7.80. The number of thiophene rings is 1. The summed E-state index contributed by atoms with van der Waals surface area (Å²) in [6.45, 7) is 9.33. The smallest absolute Gasteiger partial charge is 0.260 e. The molecule has 2 aromatic rings. The summed E-state index contributed by atoms with van der Waals surface area (Å²) in [7, 11) is 0. The third kappa shape index (κ3) is 4.00. The monoisotopic (exact) mass is 421 g/mol. The van der Waals surface area contributed by atoms with Gasteiger partial charge in [-0.25, -0.2) is 4.98 Å². The van der Waals surface area contributed by atoms with Gasteiger partial charge in [-0.15, -0.1) is 11.3 Å². The Morgan fingerprint density at radius 2 is 2.11 bits per heavy atom. The van der Waals surface area contributed by atoms with Crippen LogP contribution in [-0.4, -0.2) is 52.8 Å². The number of rotatable bonds is 3. The SMILES string of the molecule is CC(C)(C)[C@H]1CCc2c(sc3nc(SCC(=O)N4CCOCC4)[nH]c(=O)c23)C1. The zero-order valence-electron chi connectivity index (χ0n) is 16.7. The number of fused-ring (bicyclic) bond motifs is 3. The Morgan fingerprint density at radius 3 is 2.82 bits per heavy atom. The van der Waals surface area contributed by atoms with Crippen molar-refractivity contribution in [2.24, 2.45) is 11.3 Å². The molecule has 1 atom stereocenters. The lowest BCUT2D eigenvalue weighted by Crippen LogP contribution is -2.41. The van der Waals surface area contributed by atoms with Crippen LogP contribution in [0.3, 0.4) is 0 Å². The molecule has 1 saturated heterocycles. The predicted molar refractivity (Wildman–Crippen MR) is 113 cm³/mol. The number of H-pyrrole nitrogens is 1. The van der Waals surface area contributed by atoms with Gasteiger partial charge in [0.05, 0.1) is 24.4 Å². The maximum absolute atomic E-state index is 12.7. The number of morpholine rings is 1. The fraction of sp³-hybridized carbons (Fsp3) is 0.650. The van der Waals surface area contributed by atoms with E-state index in [-0.39, 0.29) is 22.6 Å². The van der Waals surface area contributed by atoms with Gasteiger partial charge in [0.1, 0.15) is 4.83 Å². The summed E-state index contributed by atoms with van der Waals surface area (Å²) in [4.78, 5) is 36.6. The van der Waals surface area contributed by atoms with Crippen LogP contribution in [0.4, 0.5) is 0 Å². The van der Waals surface area contributed by atoms with E-state index in [4.69, 9.17) is 4.74 Å². The molecule has 1 N–H and O–H groups in total. The second-order valence-electron chi connectivity index (χ2n) is 8.64. The Labute approximate surface area is 173 Å². The molecule has 8 heteroatoms. The Kier molecular flexibility index (Phi) is 5.55.